The molecule has 1 atom stereocenters. The Kier molecular flexibility index (Phi) is 8.92. The number of rotatable bonds is 3. The Morgan fingerprint density at radius 3 is 2.55 bits per heavy atom. The number of ether oxygens (including phenoxy) is 2. The Morgan fingerprint density at radius 2 is 1.80 bits per heavy atom. The van der Waals surface area contributed by atoms with E-state index in [4.69, 9.17) is 9.47 Å². The largest absolute Gasteiger partial charge is 0.493 e. The summed E-state index contributed by atoms with van der Waals surface area (Å²) in [6.45, 7) is 6.43. The molecule has 1 saturated carbocycles. The zero-order chi connectivity index (χ0) is 31.0. The van der Waals surface area contributed by atoms with Gasteiger partial charge < -0.3 is 18.9 Å². The van der Waals surface area contributed by atoms with Crippen molar-refractivity contribution < 1.29 is 22.7 Å². The Labute approximate surface area is 261 Å². The van der Waals surface area contributed by atoms with Crippen molar-refractivity contribution >= 4 is 27.0 Å². The zero-order valence-electron chi connectivity index (χ0n) is 26.3. The molecule has 0 saturated heterocycles. The van der Waals surface area contributed by atoms with Crippen LogP contribution in [0.4, 0.5) is 0 Å². The lowest BCUT2D eigenvalue weighted by Crippen LogP contribution is -2.47. The lowest BCUT2D eigenvalue weighted by molar-refractivity contribution is 0.0979. The minimum absolute atomic E-state index is 0.0498. The molecule has 4 bridgehead atoms. The van der Waals surface area contributed by atoms with Crippen LogP contribution < -0.4 is 14.2 Å². The molecule has 1 N–H and O–H groups in total. The fourth-order valence-corrected chi connectivity index (χ4v) is 7.92. The fraction of sp³-hybridized carbons (Fsp3) is 0.545. The quantitative estimate of drug-likeness (QED) is 0.465. The van der Waals surface area contributed by atoms with Crippen molar-refractivity contribution in [2.24, 2.45) is 0 Å². The number of para-hydroxylation sites is 1. The highest BCUT2D eigenvalue weighted by molar-refractivity contribution is 7.87. The van der Waals surface area contributed by atoms with E-state index in [9.17, 15) is 13.2 Å². The van der Waals surface area contributed by atoms with Crippen LogP contribution in [-0.4, -0.2) is 99.6 Å². The number of methoxy groups -OCH3 is 1. The standard InChI is InChI=1S/C33H45N5O5S/c1-5-37-18-16-35(2)25-21-38-28-20-24(33(39)34-44(40,41)36(3)17-19-37)14-15-26(28)30(23-10-7-6-8-11-23)31(38)27-12-9-13-29(42-4)32(27)43-22-25/h9,12-15,20,23,25H,5-8,10-11,16-19,21-22H2,1-4H3,(H,34,39). The van der Waals surface area contributed by atoms with Gasteiger partial charge in [0.05, 0.1) is 18.8 Å². The lowest BCUT2D eigenvalue weighted by atomic mass is 9.81. The number of likely N-dealkylation sites (N-methyl/N-ethyl adjacent to an activating group) is 3. The summed E-state index contributed by atoms with van der Waals surface area (Å²) in [6, 6.07) is 11.8. The van der Waals surface area contributed by atoms with Gasteiger partial charge in [0, 0.05) is 61.8 Å². The first-order valence-electron chi connectivity index (χ1n) is 15.9. The Morgan fingerprint density at radius 1 is 1.02 bits per heavy atom. The maximum Gasteiger partial charge on any atom is 0.303 e. The Balaban J connectivity index is 1.59. The number of benzene rings is 2. The van der Waals surface area contributed by atoms with Gasteiger partial charge in [-0.15, -0.1) is 0 Å². The van der Waals surface area contributed by atoms with Gasteiger partial charge in [-0.1, -0.05) is 38.3 Å². The van der Waals surface area contributed by atoms with Gasteiger partial charge in [-0.3, -0.25) is 9.69 Å². The van der Waals surface area contributed by atoms with Crippen LogP contribution in [0, 0.1) is 0 Å². The van der Waals surface area contributed by atoms with E-state index in [-0.39, 0.29) is 12.6 Å². The number of amides is 1. The van der Waals surface area contributed by atoms with Crippen LogP contribution in [0.5, 0.6) is 11.5 Å². The highest BCUT2D eigenvalue weighted by Gasteiger charge is 2.33. The molecule has 3 heterocycles. The second kappa shape index (κ2) is 12.7. The molecule has 1 aromatic heterocycles. The third kappa shape index (κ3) is 5.82. The van der Waals surface area contributed by atoms with Crippen LogP contribution in [-0.2, 0) is 16.8 Å². The number of hydrogen-bond acceptors (Lipinski definition) is 7. The topological polar surface area (TPSA) is 96.3 Å². The minimum atomic E-state index is -4.01. The van der Waals surface area contributed by atoms with Crippen LogP contribution in [0.1, 0.15) is 60.9 Å². The molecule has 2 aliphatic heterocycles. The van der Waals surface area contributed by atoms with E-state index in [2.05, 4.69) is 39.1 Å². The molecule has 1 amide bonds. The van der Waals surface area contributed by atoms with Crippen LogP contribution in [0.2, 0.25) is 0 Å². The predicted octanol–water partition coefficient (Wildman–Crippen LogP) is 4.30. The summed E-state index contributed by atoms with van der Waals surface area (Å²) < 4.78 is 44.7. The number of fused-ring (bicyclic) bond motifs is 4. The zero-order valence-corrected chi connectivity index (χ0v) is 27.2. The van der Waals surface area contributed by atoms with Gasteiger partial charge in [0.2, 0.25) is 0 Å². The van der Waals surface area contributed by atoms with Crippen LogP contribution in [0.15, 0.2) is 36.4 Å². The molecular formula is C33H45N5O5S. The predicted molar refractivity (Wildman–Crippen MR) is 173 cm³/mol. The molecule has 1 unspecified atom stereocenters. The molecule has 238 valence electrons. The van der Waals surface area contributed by atoms with Crippen molar-refractivity contribution in [3.63, 3.8) is 0 Å². The number of carbonyl (C=O) groups excluding carboxylic acids is 1. The summed E-state index contributed by atoms with van der Waals surface area (Å²) in [5.41, 5.74) is 4.65. The van der Waals surface area contributed by atoms with Crippen molar-refractivity contribution in [3.05, 3.63) is 47.5 Å². The monoisotopic (exact) mass is 623 g/mol. The summed E-state index contributed by atoms with van der Waals surface area (Å²) in [7, 11) is 1.32. The number of nitrogens with zero attached hydrogens (tertiary/aromatic N) is 4. The number of aromatic nitrogens is 1. The normalized spacial score (nSPS) is 22.7. The van der Waals surface area contributed by atoms with E-state index in [0.29, 0.717) is 36.9 Å². The molecule has 0 spiro atoms. The average Bonchev–Trinajstić information content (AvgIpc) is 3.33. The third-order valence-corrected chi connectivity index (χ3v) is 11.3. The number of hydrogen-bond donors (Lipinski definition) is 1. The molecule has 1 fully saturated rings. The molecule has 1 aliphatic carbocycles. The molecular weight excluding hydrogens is 578 g/mol. The van der Waals surface area contributed by atoms with Gasteiger partial charge in [-0.25, -0.2) is 4.72 Å². The van der Waals surface area contributed by atoms with Gasteiger partial charge in [0.25, 0.3) is 5.91 Å². The Hall–Kier alpha value is -3.12. The molecule has 10 nitrogen and oxygen atoms in total. The summed E-state index contributed by atoms with van der Waals surface area (Å²) >= 11 is 0. The number of carbonyl (C=O) groups is 1. The second-order valence-electron chi connectivity index (χ2n) is 12.4. The molecule has 3 aromatic rings. The van der Waals surface area contributed by atoms with Gasteiger partial charge in [-0.2, -0.15) is 12.7 Å². The van der Waals surface area contributed by atoms with Crippen LogP contribution >= 0.6 is 0 Å². The SMILES string of the molecule is CCN1CCN(C)C2COc3c(OC)cccc3-c3c(C4CCCCC4)c4ccc(cc4n3C2)C(=O)NS(=O)(=O)N(C)CC1. The van der Waals surface area contributed by atoms with Gasteiger partial charge >= 0.3 is 10.2 Å². The summed E-state index contributed by atoms with van der Waals surface area (Å²) in [5, 5.41) is 1.11. The van der Waals surface area contributed by atoms with E-state index in [1.54, 1.807) is 13.2 Å². The highest BCUT2D eigenvalue weighted by atomic mass is 32.2. The van der Waals surface area contributed by atoms with Gasteiger partial charge in [-0.05, 0) is 62.2 Å². The first-order chi connectivity index (χ1) is 21.2. The van der Waals surface area contributed by atoms with Crippen molar-refractivity contribution in [3.8, 4) is 22.8 Å². The van der Waals surface area contributed by atoms with Crippen molar-refractivity contribution in [1.82, 2.24) is 23.4 Å². The van der Waals surface area contributed by atoms with E-state index in [1.165, 1.54) is 36.2 Å². The smallest absolute Gasteiger partial charge is 0.303 e. The maximum atomic E-state index is 13.5. The van der Waals surface area contributed by atoms with E-state index in [0.717, 1.165) is 60.4 Å². The van der Waals surface area contributed by atoms with Crippen molar-refractivity contribution in [2.45, 2.75) is 57.5 Å². The molecule has 0 radical (unpaired) electrons. The van der Waals surface area contributed by atoms with Crippen molar-refractivity contribution in [1.29, 1.82) is 0 Å². The summed E-state index contributed by atoms with van der Waals surface area (Å²) in [5.74, 6) is 1.19. The minimum Gasteiger partial charge on any atom is -0.493 e. The van der Waals surface area contributed by atoms with E-state index in [1.807, 2.05) is 24.3 Å². The Bertz CT molecular complexity index is 1630. The highest BCUT2D eigenvalue weighted by Crippen LogP contribution is 2.49. The average molecular weight is 624 g/mol. The van der Waals surface area contributed by atoms with Crippen molar-refractivity contribution in [2.75, 3.05) is 60.5 Å². The second-order valence-corrected chi connectivity index (χ2v) is 14.2. The first kappa shape index (κ1) is 30.9. The van der Waals surface area contributed by atoms with E-state index >= 15 is 0 Å². The van der Waals surface area contributed by atoms with Crippen LogP contribution in [0.25, 0.3) is 22.2 Å². The van der Waals surface area contributed by atoms with Crippen LogP contribution in [0.3, 0.4) is 0 Å². The molecule has 44 heavy (non-hydrogen) atoms. The molecule has 3 aliphatic rings. The summed E-state index contributed by atoms with van der Waals surface area (Å²) in [6.07, 6.45) is 5.82. The van der Waals surface area contributed by atoms with Gasteiger partial charge in [0.15, 0.2) is 11.5 Å². The molecule has 11 heteroatoms. The van der Waals surface area contributed by atoms with Gasteiger partial charge in [0.1, 0.15) is 6.61 Å². The fourth-order valence-electron chi connectivity index (χ4n) is 7.09. The lowest BCUT2D eigenvalue weighted by Gasteiger charge is -2.34. The molecule has 6 rings (SSSR count). The maximum absolute atomic E-state index is 13.5. The van der Waals surface area contributed by atoms with E-state index < -0.39 is 16.1 Å². The summed E-state index contributed by atoms with van der Waals surface area (Å²) in [4.78, 5) is 18.1. The molecule has 2 aromatic carbocycles. The third-order valence-electron chi connectivity index (χ3n) is 9.85. The number of nitrogens with one attached hydrogen (secondary N) is 1. The first-order valence-corrected chi connectivity index (χ1v) is 17.3.